The average molecular weight is 217 g/mol. The molecule has 1 aromatic carbocycles. The van der Waals surface area contributed by atoms with Crippen LogP contribution < -0.4 is 4.74 Å². The van der Waals surface area contributed by atoms with Gasteiger partial charge in [-0.15, -0.1) is 0 Å². The van der Waals surface area contributed by atoms with E-state index in [2.05, 4.69) is 0 Å². The number of hydrogen-bond acceptors (Lipinski definition) is 4. The van der Waals surface area contributed by atoms with E-state index in [1.54, 1.807) is 31.4 Å². The number of nitrogens with zero attached hydrogens (tertiary/aromatic N) is 1. The average Bonchev–Trinajstić information content (AvgIpc) is 2.28. The minimum Gasteiger partial charge on any atom is -0.497 e. The molecule has 82 valence electrons. The summed E-state index contributed by atoms with van der Waals surface area (Å²) >= 11 is 0. The third-order valence-corrected chi connectivity index (χ3v) is 2.70. The molecular weight excluding hydrogens is 206 g/mol. The fourth-order valence-corrected chi connectivity index (χ4v) is 1.57. The normalized spacial score (nSPS) is 17.0. The monoisotopic (exact) mass is 217 g/mol. The van der Waals surface area contributed by atoms with Crippen LogP contribution in [0, 0.1) is 16.7 Å². The van der Waals surface area contributed by atoms with Crippen LogP contribution in [-0.2, 0) is 4.74 Å². The van der Waals surface area contributed by atoms with Gasteiger partial charge < -0.3 is 9.47 Å². The maximum absolute atomic E-state index is 12.0. The summed E-state index contributed by atoms with van der Waals surface area (Å²) in [5.41, 5.74) is -0.458. The number of methoxy groups -OCH3 is 1. The van der Waals surface area contributed by atoms with E-state index in [0.717, 1.165) is 0 Å². The van der Waals surface area contributed by atoms with Gasteiger partial charge in [-0.2, -0.15) is 5.26 Å². The summed E-state index contributed by atoms with van der Waals surface area (Å²) in [6.07, 6.45) is 0. The molecule has 1 aliphatic heterocycles. The van der Waals surface area contributed by atoms with Crippen LogP contribution in [0.5, 0.6) is 5.75 Å². The Bertz CT molecular complexity index is 440. The van der Waals surface area contributed by atoms with Gasteiger partial charge in [-0.05, 0) is 24.3 Å². The Balaban J connectivity index is 2.24. The molecule has 4 heteroatoms. The van der Waals surface area contributed by atoms with Gasteiger partial charge in [-0.3, -0.25) is 4.79 Å². The lowest BCUT2D eigenvalue weighted by Crippen LogP contribution is -2.47. The Labute approximate surface area is 93.4 Å². The molecule has 1 aromatic rings. The van der Waals surface area contributed by atoms with E-state index >= 15 is 0 Å². The van der Waals surface area contributed by atoms with Crippen molar-refractivity contribution in [1.82, 2.24) is 0 Å². The number of ketones is 1. The highest BCUT2D eigenvalue weighted by Crippen LogP contribution is 2.31. The number of ether oxygens (including phenoxy) is 2. The van der Waals surface area contributed by atoms with Crippen molar-refractivity contribution >= 4 is 5.78 Å². The van der Waals surface area contributed by atoms with Crippen LogP contribution in [0.15, 0.2) is 24.3 Å². The van der Waals surface area contributed by atoms with Crippen molar-refractivity contribution < 1.29 is 14.3 Å². The van der Waals surface area contributed by atoms with Gasteiger partial charge >= 0.3 is 0 Å². The third kappa shape index (κ3) is 1.55. The van der Waals surface area contributed by atoms with Crippen LogP contribution in [0.25, 0.3) is 0 Å². The molecule has 0 bridgehead atoms. The molecule has 0 aliphatic carbocycles. The second-order valence-electron chi connectivity index (χ2n) is 3.74. The van der Waals surface area contributed by atoms with Crippen molar-refractivity contribution in [1.29, 1.82) is 5.26 Å². The molecule has 4 nitrogen and oxygen atoms in total. The number of nitriles is 1. The molecule has 0 N–H and O–H groups in total. The van der Waals surface area contributed by atoms with E-state index in [4.69, 9.17) is 14.7 Å². The van der Waals surface area contributed by atoms with Crippen LogP contribution in [0.3, 0.4) is 0 Å². The van der Waals surface area contributed by atoms with Crippen LogP contribution in [0.2, 0.25) is 0 Å². The molecule has 2 rings (SSSR count). The highest BCUT2D eigenvalue weighted by Gasteiger charge is 2.46. The van der Waals surface area contributed by atoms with E-state index in [1.165, 1.54) is 0 Å². The summed E-state index contributed by atoms with van der Waals surface area (Å²) in [4.78, 5) is 12.0. The second-order valence-corrected chi connectivity index (χ2v) is 3.74. The zero-order valence-electron chi connectivity index (χ0n) is 8.90. The van der Waals surface area contributed by atoms with Crippen molar-refractivity contribution in [2.75, 3.05) is 20.3 Å². The molecule has 0 atom stereocenters. The van der Waals surface area contributed by atoms with Crippen LogP contribution in [0.1, 0.15) is 10.4 Å². The standard InChI is InChI=1S/C12H11NO3/c1-15-10-4-2-9(3-5-10)11(14)12(6-13)7-16-8-12/h2-5H,7-8H2,1H3. The van der Waals surface area contributed by atoms with Gasteiger partial charge in [0, 0.05) is 5.56 Å². The zero-order chi connectivity index (χ0) is 11.6. The molecule has 1 saturated heterocycles. The molecule has 0 aromatic heterocycles. The smallest absolute Gasteiger partial charge is 0.187 e. The van der Waals surface area contributed by atoms with Crippen LogP contribution in [-0.4, -0.2) is 26.1 Å². The van der Waals surface area contributed by atoms with Gasteiger partial charge in [0.1, 0.15) is 5.75 Å². The quantitative estimate of drug-likeness (QED) is 0.718. The van der Waals surface area contributed by atoms with Gasteiger partial charge in [0.15, 0.2) is 11.2 Å². The number of benzene rings is 1. The Morgan fingerprint density at radius 1 is 1.44 bits per heavy atom. The maximum atomic E-state index is 12.0. The molecular formula is C12H11NO3. The molecule has 0 unspecified atom stereocenters. The van der Waals surface area contributed by atoms with Crippen molar-refractivity contribution in [2.45, 2.75) is 0 Å². The lowest BCUT2D eigenvalue weighted by atomic mass is 9.80. The topological polar surface area (TPSA) is 59.3 Å². The SMILES string of the molecule is COc1ccc(C(=O)C2(C#N)COC2)cc1. The van der Waals surface area contributed by atoms with Crippen LogP contribution in [0.4, 0.5) is 0 Å². The van der Waals surface area contributed by atoms with E-state index in [0.29, 0.717) is 11.3 Å². The van der Waals surface area contributed by atoms with Crippen molar-refractivity contribution in [3.63, 3.8) is 0 Å². The van der Waals surface area contributed by atoms with Crippen LogP contribution >= 0.6 is 0 Å². The van der Waals surface area contributed by atoms with Gasteiger partial charge in [0.2, 0.25) is 0 Å². The molecule has 1 aliphatic rings. The first-order chi connectivity index (χ1) is 7.72. The highest BCUT2D eigenvalue weighted by atomic mass is 16.5. The Hall–Kier alpha value is -1.86. The largest absolute Gasteiger partial charge is 0.497 e. The van der Waals surface area contributed by atoms with E-state index in [-0.39, 0.29) is 19.0 Å². The van der Waals surface area contributed by atoms with Crippen molar-refractivity contribution in [3.05, 3.63) is 29.8 Å². The van der Waals surface area contributed by atoms with E-state index in [1.807, 2.05) is 6.07 Å². The first-order valence-electron chi connectivity index (χ1n) is 4.90. The van der Waals surface area contributed by atoms with E-state index < -0.39 is 5.41 Å². The third-order valence-electron chi connectivity index (χ3n) is 2.70. The fourth-order valence-electron chi connectivity index (χ4n) is 1.57. The summed E-state index contributed by atoms with van der Waals surface area (Å²) < 4.78 is 9.95. The highest BCUT2D eigenvalue weighted by molar-refractivity contribution is 6.03. The molecule has 1 heterocycles. The van der Waals surface area contributed by atoms with Crippen molar-refractivity contribution in [3.8, 4) is 11.8 Å². The summed E-state index contributed by atoms with van der Waals surface area (Å²) in [6, 6.07) is 8.78. The Morgan fingerprint density at radius 3 is 2.44 bits per heavy atom. The molecule has 0 radical (unpaired) electrons. The predicted octanol–water partition coefficient (Wildman–Crippen LogP) is 1.42. The minimum absolute atomic E-state index is 0.177. The van der Waals surface area contributed by atoms with Gasteiger partial charge in [0.05, 0.1) is 26.4 Å². The van der Waals surface area contributed by atoms with Gasteiger partial charge in [-0.25, -0.2) is 0 Å². The molecule has 0 saturated carbocycles. The number of carbonyl (C=O) groups is 1. The zero-order valence-corrected chi connectivity index (χ0v) is 8.90. The Kier molecular flexibility index (Phi) is 2.63. The summed E-state index contributed by atoms with van der Waals surface area (Å²) in [7, 11) is 1.56. The minimum atomic E-state index is -0.978. The predicted molar refractivity (Wildman–Crippen MR) is 56.2 cm³/mol. The van der Waals surface area contributed by atoms with Gasteiger partial charge in [0.25, 0.3) is 0 Å². The summed E-state index contributed by atoms with van der Waals surface area (Å²) in [5, 5.41) is 8.99. The fraction of sp³-hybridized carbons (Fsp3) is 0.333. The number of Topliss-reactive ketones (excluding diaryl/α,β-unsaturated/α-hetero) is 1. The van der Waals surface area contributed by atoms with Crippen molar-refractivity contribution in [2.24, 2.45) is 5.41 Å². The lowest BCUT2D eigenvalue weighted by molar-refractivity contribution is -0.0566. The number of carbonyl (C=O) groups excluding carboxylic acids is 1. The number of hydrogen-bond donors (Lipinski definition) is 0. The molecule has 0 spiro atoms. The van der Waals surface area contributed by atoms with E-state index in [9.17, 15) is 4.79 Å². The number of rotatable bonds is 3. The molecule has 1 fully saturated rings. The Morgan fingerprint density at radius 2 is 2.06 bits per heavy atom. The first-order valence-corrected chi connectivity index (χ1v) is 4.90. The summed E-state index contributed by atoms with van der Waals surface area (Å²) in [6.45, 7) is 0.378. The maximum Gasteiger partial charge on any atom is 0.187 e. The molecule has 0 amide bonds. The first kappa shape index (κ1) is 10.7. The lowest BCUT2D eigenvalue weighted by Gasteiger charge is -2.33. The summed E-state index contributed by atoms with van der Waals surface area (Å²) in [5.74, 6) is 0.510. The van der Waals surface area contributed by atoms with Gasteiger partial charge in [-0.1, -0.05) is 0 Å². The second kappa shape index (κ2) is 3.95. The molecule has 16 heavy (non-hydrogen) atoms.